The summed E-state index contributed by atoms with van der Waals surface area (Å²) in [6, 6.07) is 21.5. The third-order valence-electron chi connectivity index (χ3n) is 6.87. The molecule has 1 heterocycles. The molecule has 4 rings (SSSR count). The summed E-state index contributed by atoms with van der Waals surface area (Å²) in [5.41, 5.74) is 8.75. The van der Waals surface area contributed by atoms with Crippen LogP contribution in [-0.4, -0.2) is 48.9 Å². The fourth-order valence-corrected chi connectivity index (χ4v) is 4.80. The molecule has 0 aliphatic carbocycles. The monoisotopic (exact) mass is 553 g/mol. The van der Waals surface area contributed by atoms with Gasteiger partial charge in [-0.25, -0.2) is 4.39 Å². The number of ether oxygens (including phenoxy) is 2. The number of aryl methyl sites for hydroxylation is 1. The molecule has 3 aromatic carbocycles. The Kier molecular flexibility index (Phi) is 10.5. The second kappa shape index (κ2) is 13.8. The lowest BCUT2D eigenvalue weighted by atomic mass is 10.0. The van der Waals surface area contributed by atoms with Gasteiger partial charge in [-0.3, -0.25) is 15.0 Å². The van der Waals surface area contributed by atoms with Crippen LogP contribution in [-0.2, 0) is 20.7 Å². The molecule has 0 unspecified atom stereocenters. The number of amides is 1. The van der Waals surface area contributed by atoms with Gasteiger partial charge in [-0.1, -0.05) is 60.7 Å². The lowest BCUT2D eigenvalue weighted by molar-refractivity contribution is -0.144. The van der Waals surface area contributed by atoms with Crippen molar-refractivity contribution in [1.29, 1.82) is 5.41 Å². The van der Waals surface area contributed by atoms with E-state index in [9.17, 15) is 14.0 Å². The molecule has 0 saturated carbocycles. The summed E-state index contributed by atoms with van der Waals surface area (Å²) in [6.07, 6.45) is 2.06. The van der Waals surface area contributed by atoms with E-state index in [0.29, 0.717) is 24.1 Å². The van der Waals surface area contributed by atoms with Crippen LogP contribution in [0, 0.1) is 17.1 Å². The largest absolute Gasteiger partial charge is 0.488 e. The van der Waals surface area contributed by atoms with Crippen LogP contribution in [0.3, 0.4) is 0 Å². The Morgan fingerprint density at radius 2 is 1.77 bits per heavy atom. The number of carbonyl (C=O) groups is 2. The van der Waals surface area contributed by atoms with Crippen molar-refractivity contribution in [2.45, 2.75) is 31.7 Å². The van der Waals surface area contributed by atoms with Crippen LogP contribution >= 0.6 is 12.4 Å². The molecule has 0 aromatic heterocycles. The van der Waals surface area contributed by atoms with Gasteiger partial charge in [-0.2, -0.15) is 0 Å². The van der Waals surface area contributed by atoms with E-state index in [-0.39, 0.29) is 49.0 Å². The molecule has 3 N–H and O–H groups in total. The first-order valence-electron chi connectivity index (χ1n) is 12.6. The highest BCUT2D eigenvalue weighted by molar-refractivity contribution is 5.95. The average Bonchev–Trinajstić information content (AvgIpc) is 3.22. The predicted octanol–water partition coefficient (Wildman–Crippen LogP) is 4.99. The van der Waals surface area contributed by atoms with Crippen LogP contribution in [0.4, 0.5) is 4.39 Å². The zero-order valence-electron chi connectivity index (χ0n) is 21.8. The van der Waals surface area contributed by atoms with Gasteiger partial charge in [0.25, 0.3) is 0 Å². The van der Waals surface area contributed by atoms with Crippen molar-refractivity contribution in [1.82, 2.24) is 4.90 Å². The van der Waals surface area contributed by atoms with E-state index in [0.717, 1.165) is 18.4 Å². The Balaban J connectivity index is 0.00000420. The fourth-order valence-electron chi connectivity index (χ4n) is 4.80. The summed E-state index contributed by atoms with van der Waals surface area (Å²) in [5.74, 6) is -1.43. The molecule has 3 aromatic rings. The number of halogens is 2. The molecule has 206 valence electrons. The average molecular weight is 554 g/mol. The molecule has 7 nitrogen and oxygen atoms in total. The Morgan fingerprint density at radius 3 is 2.41 bits per heavy atom. The lowest BCUT2D eigenvalue weighted by Gasteiger charge is -2.25. The number of rotatable bonds is 11. The van der Waals surface area contributed by atoms with Crippen molar-refractivity contribution >= 4 is 30.1 Å². The predicted molar refractivity (Wildman–Crippen MR) is 151 cm³/mol. The first kappa shape index (κ1) is 29.6. The minimum absolute atomic E-state index is 0. The van der Waals surface area contributed by atoms with Gasteiger partial charge in [0.15, 0.2) is 11.6 Å². The second-order valence-electron chi connectivity index (χ2n) is 9.43. The maximum atomic E-state index is 15.0. The molecule has 0 bridgehead atoms. The summed E-state index contributed by atoms with van der Waals surface area (Å²) >= 11 is 0. The normalized spacial score (nSPS) is 16.5. The third-order valence-corrected chi connectivity index (χ3v) is 6.87. The van der Waals surface area contributed by atoms with Gasteiger partial charge in [0.1, 0.15) is 12.4 Å². The number of hydrogen-bond acceptors (Lipinski definition) is 5. The molecular formula is C30H33ClFN3O4. The second-order valence-corrected chi connectivity index (χ2v) is 9.43. The quantitative estimate of drug-likeness (QED) is 0.198. The summed E-state index contributed by atoms with van der Waals surface area (Å²) < 4.78 is 25.6. The minimum Gasteiger partial charge on any atom is -0.488 e. The van der Waals surface area contributed by atoms with E-state index >= 15 is 0 Å². The van der Waals surface area contributed by atoms with Gasteiger partial charge < -0.3 is 20.1 Å². The van der Waals surface area contributed by atoms with Crippen molar-refractivity contribution in [2.24, 2.45) is 11.7 Å². The number of hydrogen-bond donors (Lipinski definition) is 2. The molecule has 0 radical (unpaired) electrons. The van der Waals surface area contributed by atoms with Gasteiger partial charge in [0.2, 0.25) is 5.91 Å². The number of likely N-dealkylation sites (tertiary alicyclic amines) is 1. The first-order chi connectivity index (χ1) is 18.4. The molecule has 1 amide bonds. The smallest absolute Gasteiger partial charge is 0.306 e. The number of nitrogens with zero attached hydrogens (tertiary/aromatic N) is 1. The number of nitrogens with one attached hydrogen (secondary N) is 1. The maximum Gasteiger partial charge on any atom is 0.306 e. The van der Waals surface area contributed by atoms with E-state index < -0.39 is 17.7 Å². The number of amidine groups is 1. The number of carbonyl (C=O) groups excluding carboxylic acids is 2. The summed E-state index contributed by atoms with van der Waals surface area (Å²) in [5, 5.41) is 7.50. The highest BCUT2D eigenvalue weighted by Crippen LogP contribution is 2.30. The number of esters is 1. The number of methoxy groups -OCH3 is 1. The molecular weight excluding hydrogens is 521 g/mol. The van der Waals surface area contributed by atoms with Crippen molar-refractivity contribution in [3.63, 3.8) is 0 Å². The van der Waals surface area contributed by atoms with Crippen LogP contribution in [0.25, 0.3) is 11.1 Å². The van der Waals surface area contributed by atoms with E-state index in [1.807, 2.05) is 18.2 Å². The van der Waals surface area contributed by atoms with Crippen molar-refractivity contribution in [2.75, 3.05) is 20.3 Å². The molecule has 1 fully saturated rings. The van der Waals surface area contributed by atoms with Crippen LogP contribution in [0.15, 0.2) is 72.8 Å². The van der Waals surface area contributed by atoms with Crippen molar-refractivity contribution in [3.05, 3.63) is 89.7 Å². The van der Waals surface area contributed by atoms with E-state index in [4.69, 9.17) is 20.6 Å². The SMILES string of the molecule is COC(=O)C[C@@H]1C[C@@H](COc2ccc(-c3ccc(C(=N)N)cc3)cc2F)N(CCCc2ccccc2)C1=O.Cl. The standard InChI is InChI=1S/C30H32FN3O4.ClH/c1-37-28(35)18-24-16-25(34(30(24)36)15-5-8-20-6-3-2-4-7-20)19-38-27-14-13-23(17-26(27)31)21-9-11-22(12-10-21)29(32)33;/h2-4,6-7,9-14,17,24-25H,5,8,15-16,18-19H2,1H3,(H3,32,33);1H/t24-,25-;/m0./s1. The van der Waals surface area contributed by atoms with Crippen LogP contribution in [0.2, 0.25) is 0 Å². The van der Waals surface area contributed by atoms with Crippen LogP contribution in [0.1, 0.15) is 30.4 Å². The summed E-state index contributed by atoms with van der Waals surface area (Å²) in [6.45, 7) is 0.648. The number of nitrogen functional groups attached to an aromatic ring is 1. The van der Waals surface area contributed by atoms with E-state index in [1.54, 1.807) is 41.3 Å². The van der Waals surface area contributed by atoms with Gasteiger partial charge in [-0.05, 0) is 48.1 Å². The maximum absolute atomic E-state index is 15.0. The van der Waals surface area contributed by atoms with Crippen molar-refractivity contribution < 1.29 is 23.5 Å². The minimum atomic E-state index is -0.510. The summed E-state index contributed by atoms with van der Waals surface area (Å²) in [4.78, 5) is 26.7. The van der Waals surface area contributed by atoms with Gasteiger partial charge in [0, 0.05) is 12.1 Å². The molecule has 9 heteroatoms. The van der Waals surface area contributed by atoms with E-state index in [1.165, 1.54) is 18.7 Å². The molecule has 0 spiro atoms. The number of benzene rings is 3. The Bertz CT molecular complexity index is 1290. The van der Waals surface area contributed by atoms with Crippen LogP contribution < -0.4 is 10.5 Å². The molecule has 1 aliphatic heterocycles. The Morgan fingerprint density at radius 1 is 1.08 bits per heavy atom. The third kappa shape index (κ3) is 7.57. The van der Waals surface area contributed by atoms with Gasteiger partial charge in [0.05, 0.1) is 25.5 Å². The highest BCUT2D eigenvalue weighted by Gasteiger charge is 2.40. The zero-order valence-corrected chi connectivity index (χ0v) is 22.6. The summed E-state index contributed by atoms with van der Waals surface area (Å²) in [7, 11) is 1.31. The molecule has 39 heavy (non-hydrogen) atoms. The van der Waals surface area contributed by atoms with Gasteiger partial charge >= 0.3 is 5.97 Å². The lowest BCUT2D eigenvalue weighted by Crippen LogP contribution is -2.38. The molecule has 2 atom stereocenters. The molecule has 1 saturated heterocycles. The Hall–Kier alpha value is -3.91. The Labute approximate surface area is 234 Å². The van der Waals surface area contributed by atoms with E-state index in [2.05, 4.69) is 12.1 Å². The van der Waals surface area contributed by atoms with Gasteiger partial charge in [-0.15, -0.1) is 12.4 Å². The number of nitrogens with two attached hydrogens (primary N) is 1. The van der Waals surface area contributed by atoms with Crippen LogP contribution in [0.5, 0.6) is 5.75 Å². The first-order valence-corrected chi connectivity index (χ1v) is 12.6. The molecule has 1 aliphatic rings. The zero-order chi connectivity index (χ0) is 27.1. The fraction of sp³-hybridized carbons (Fsp3) is 0.300. The van der Waals surface area contributed by atoms with Crippen molar-refractivity contribution in [3.8, 4) is 16.9 Å². The highest BCUT2D eigenvalue weighted by atomic mass is 35.5. The topological polar surface area (TPSA) is 106 Å².